The first-order valence-corrected chi connectivity index (χ1v) is 15.8. The van der Waals surface area contributed by atoms with Crippen molar-refractivity contribution in [1.82, 2.24) is 0 Å². The van der Waals surface area contributed by atoms with Crippen LogP contribution < -0.4 is 10.1 Å². The average Bonchev–Trinajstić information content (AvgIpc) is 2.95. The third kappa shape index (κ3) is 16.5. The van der Waals surface area contributed by atoms with Crippen LogP contribution in [0.3, 0.4) is 0 Å². The van der Waals surface area contributed by atoms with Gasteiger partial charge in [-0.15, -0.1) is 0 Å². The number of carbonyl (C=O) groups is 1. The molecule has 0 unspecified atom stereocenters. The quantitative estimate of drug-likeness (QED) is 0.104. The molecule has 0 radical (unpaired) electrons. The molecule has 0 fully saturated rings. The van der Waals surface area contributed by atoms with Gasteiger partial charge < -0.3 is 10.1 Å². The number of ether oxygens (including phenoxy) is 1. The van der Waals surface area contributed by atoms with Gasteiger partial charge in [-0.25, -0.2) is 0 Å². The fourth-order valence-corrected chi connectivity index (χ4v) is 4.96. The summed E-state index contributed by atoms with van der Waals surface area (Å²) in [6.45, 7) is 4.14. The van der Waals surface area contributed by atoms with Crippen molar-refractivity contribution in [1.29, 1.82) is 0 Å². The van der Waals surface area contributed by atoms with Crippen molar-refractivity contribution in [3.8, 4) is 5.75 Å². The molecule has 212 valence electrons. The molecule has 0 aliphatic carbocycles. The van der Waals surface area contributed by atoms with Crippen LogP contribution in [0.4, 0.5) is 5.69 Å². The lowest BCUT2D eigenvalue weighted by atomic mass is 10.0. The van der Waals surface area contributed by atoms with Crippen LogP contribution in [-0.2, 0) is 6.42 Å². The first-order chi connectivity index (χ1) is 18.8. The molecule has 2 rings (SSSR count). The maximum atomic E-state index is 10.7. The third-order valence-corrected chi connectivity index (χ3v) is 7.46. The Morgan fingerprint density at radius 3 is 1.71 bits per heavy atom. The fraction of sp³-hybridized carbons (Fsp3) is 0.629. The van der Waals surface area contributed by atoms with Gasteiger partial charge in [0.25, 0.3) is 0 Å². The highest BCUT2D eigenvalue weighted by Crippen LogP contribution is 2.17. The van der Waals surface area contributed by atoms with Crippen molar-refractivity contribution in [2.45, 2.75) is 129 Å². The van der Waals surface area contributed by atoms with Crippen LogP contribution in [-0.4, -0.2) is 19.4 Å². The predicted octanol–water partition coefficient (Wildman–Crippen LogP) is 10.6. The highest BCUT2D eigenvalue weighted by atomic mass is 16.5. The van der Waals surface area contributed by atoms with E-state index in [-0.39, 0.29) is 0 Å². The van der Waals surface area contributed by atoms with Gasteiger partial charge >= 0.3 is 0 Å². The third-order valence-electron chi connectivity index (χ3n) is 7.46. The van der Waals surface area contributed by atoms with Crippen LogP contribution in [0.5, 0.6) is 5.75 Å². The van der Waals surface area contributed by atoms with E-state index in [0.717, 1.165) is 36.4 Å². The second kappa shape index (κ2) is 22.7. The van der Waals surface area contributed by atoms with Crippen LogP contribution in [0.25, 0.3) is 0 Å². The molecule has 3 heteroatoms. The van der Waals surface area contributed by atoms with E-state index in [1.165, 1.54) is 128 Å². The molecule has 0 saturated heterocycles. The van der Waals surface area contributed by atoms with Gasteiger partial charge in [0.2, 0.25) is 0 Å². The SMILES string of the molecule is CCCCCCCCCCOc1ccc(CCCCCCCCCCCCNc2ccc(C=O)cc2)cc1. The number of aldehydes is 1. The van der Waals surface area contributed by atoms with Gasteiger partial charge in [0.1, 0.15) is 12.0 Å². The van der Waals surface area contributed by atoms with Gasteiger partial charge in [-0.3, -0.25) is 4.79 Å². The molecule has 0 aliphatic heterocycles. The molecule has 0 bridgehead atoms. The summed E-state index contributed by atoms with van der Waals surface area (Å²) >= 11 is 0. The molecule has 0 aromatic heterocycles. The summed E-state index contributed by atoms with van der Waals surface area (Å²) in [6.07, 6.45) is 26.2. The Morgan fingerprint density at radius 2 is 1.13 bits per heavy atom. The Bertz CT molecular complexity index is 800. The summed E-state index contributed by atoms with van der Waals surface area (Å²) in [5.41, 5.74) is 3.28. The van der Waals surface area contributed by atoms with E-state index in [1.54, 1.807) is 0 Å². The lowest BCUT2D eigenvalue weighted by molar-refractivity contribution is 0.112. The zero-order valence-electron chi connectivity index (χ0n) is 24.4. The molecule has 3 nitrogen and oxygen atoms in total. The van der Waals surface area contributed by atoms with E-state index in [1.807, 2.05) is 24.3 Å². The van der Waals surface area contributed by atoms with E-state index < -0.39 is 0 Å². The van der Waals surface area contributed by atoms with Crippen LogP contribution in [0.15, 0.2) is 48.5 Å². The number of hydrogen-bond acceptors (Lipinski definition) is 3. The molecule has 2 aromatic rings. The number of anilines is 1. The maximum Gasteiger partial charge on any atom is 0.150 e. The smallest absolute Gasteiger partial charge is 0.150 e. The largest absolute Gasteiger partial charge is 0.494 e. The molecule has 0 heterocycles. The van der Waals surface area contributed by atoms with Crippen LogP contribution in [0.2, 0.25) is 0 Å². The number of benzene rings is 2. The molecule has 2 aromatic carbocycles. The Hall–Kier alpha value is -2.29. The van der Waals surface area contributed by atoms with Gasteiger partial charge in [-0.05, 0) is 67.6 Å². The van der Waals surface area contributed by atoms with Gasteiger partial charge in [0, 0.05) is 17.8 Å². The van der Waals surface area contributed by atoms with E-state index >= 15 is 0 Å². The zero-order valence-corrected chi connectivity index (χ0v) is 24.4. The first-order valence-electron chi connectivity index (χ1n) is 15.8. The molecule has 0 spiro atoms. The van der Waals surface area contributed by atoms with Crippen LogP contribution in [0, 0.1) is 0 Å². The number of carbonyl (C=O) groups excluding carboxylic acids is 1. The number of rotatable bonds is 25. The first kappa shape index (κ1) is 31.9. The summed E-state index contributed by atoms with van der Waals surface area (Å²) in [5.74, 6) is 1.03. The number of aryl methyl sites for hydroxylation is 1. The summed E-state index contributed by atoms with van der Waals surface area (Å²) in [6, 6.07) is 16.5. The monoisotopic (exact) mass is 521 g/mol. The lowest BCUT2D eigenvalue weighted by Gasteiger charge is -2.08. The molecular formula is C35H55NO2. The van der Waals surface area contributed by atoms with Gasteiger partial charge in [-0.1, -0.05) is 115 Å². The normalized spacial score (nSPS) is 11.0. The highest BCUT2D eigenvalue weighted by Gasteiger charge is 1.99. The molecular weight excluding hydrogens is 466 g/mol. The fourth-order valence-electron chi connectivity index (χ4n) is 4.96. The van der Waals surface area contributed by atoms with Gasteiger partial charge in [0.15, 0.2) is 0 Å². The number of nitrogens with one attached hydrogen (secondary N) is 1. The van der Waals surface area contributed by atoms with Crippen LogP contribution >= 0.6 is 0 Å². The summed E-state index contributed by atoms with van der Waals surface area (Å²) < 4.78 is 5.94. The van der Waals surface area contributed by atoms with Crippen molar-refractivity contribution in [2.24, 2.45) is 0 Å². The molecule has 1 N–H and O–H groups in total. The number of unbranched alkanes of at least 4 members (excludes halogenated alkanes) is 16. The second-order valence-corrected chi connectivity index (χ2v) is 10.9. The minimum absolute atomic E-state index is 0.732. The second-order valence-electron chi connectivity index (χ2n) is 10.9. The molecule has 0 amide bonds. The Balaban J connectivity index is 1.33. The molecule has 0 atom stereocenters. The van der Waals surface area contributed by atoms with Crippen LogP contribution in [0.1, 0.15) is 138 Å². The Kier molecular flexibility index (Phi) is 19.0. The van der Waals surface area contributed by atoms with E-state index in [4.69, 9.17) is 4.74 Å². The summed E-state index contributed by atoms with van der Waals surface area (Å²) in [4.78, 5) is 10.7. The predicted molar refractivity (Wildman–Crippen MR) is 165 cm³/mol. The summed E-state index contributed by atoms with van der Waals surface area (Å²) in [7, 11) is 0. The average molecular weight is 522 g/mol. The van der Waals surface area contributed by atoms with Crippen molar-refractivity contribution in [3.05, 3.63) is 59.7 Å². The van der Waals surface area contributed by atoms with Gasteiger partial charge in [-0.2, -0.15) is 0 Å². The standard InChI is InChI=1S/C35H55NO2/c1-2-3-4-5-6-13-16-19-30-38-35-27-23-32(24-28-35)20-17-14-11-9-7-8-10-12-15-18-29-36-34-25-21-33(31-37)22-26-34/h21-28,31,36H,2-20,29-30H2,1H3. The topological polar surface area (TPSA) is 38.3 Å². The molecule has 38 heavy (non-hydrogen) atoms. The van der Waals surface area contributed by atoms with Gasteiger partial charge in [0.05, 0.1) is 6.61 Å². The minimum atomic E-state index is 0.732. The molecule has 0 aliphatic rings. The van der Waals surface area contributed by atoms with Crippen molar-refractivity contribution in [2.75, 3.05) is 18.5 Å². The Morgan fingerprint density at radius 1 is 0.605 bits per heavy atom. The zero-order chi connectivity index (χ0) is 26.9. The molecule has 0 saturated carbocycles. The maximum absolute atomic E-state index is 10.7. The van der Waals surface area contributed by atoms with Crippen molar-refractivity contribution < 1.29 is 9.53 Å². The van der Waals surface area contributed by atoms with E-state index in [0.29, 0.717) is 0 Å². The van der Waals surface area contributed by atoms with E-state index in [9.17, 15) is 4.79 Å². The highest BCUT2D eigenvalue weighted by molar-refractivity contribution is 5.75. The van der Waals surface area contributed by atoms with E-state index in [2.05, 4.69) is 36.5 Å². The number of hydrogen-bond donors (Lipinski definition) is 1. The lowest BCUT2D eigenvalue weighted by Crippen LogP contribution is -2.01. The van der Waals surface area contributed by atoms with Crippen molar-refractivity contribution in [3.63, 3.8) is 0 Å². The summed E-state index contributed by atoms with van der Waals surface area (Å²) in [5, 5.41) is 3.44. The van der Waals surface area contributed by atoms with Crippen molar-refractivity contribution >= 4 is 12.0 Å². The Labute approximate surface area is 234 Å². The minimum Gasteiger partial charge on any atom is -0.494 e.